The second kappa shape index (κ2) is 7.59. The Morgan fingerprint density at radius 1 is 1.32 bits per heavy atom. The maximum atomic E-state index is 11.7. The molecule has 0 unspecified atom stereocenters. The number of benzene rings is 1. The SMILES string of the molecule is CC(C)OCCS(=O)(=O)NCc1cccc(CN)c1. The Balaban J connectivity index is 2.45. The van der Waals surface area contributed by atoms with Crippen LogP contribution < -0.4 is 10.5 Å². The molecule has 0 saturated carbocycles. The van der Waals surface area contributed by atoms with E-state index in [9.17, 15) is 8.42 Å². The van der Waals surface area contributed by atoms with Crippen LogP contribution in [0, 0.1) is 0 Å². The molecule has 0 spiro atoms. The number of rotatable bonds is 8. The third kappa shape index (κ3) is 6.68. The van der Waals surface area contributed by atoms with Crippen LogP contribution in [0.25, 0.3) is 0 Å². The Kier molecular flexibility index (Phi) is 6.44. The summed E-state index contributed by atoms with van der Waals surface area (Å²) in [5.41, 5.74) is 7.42. The number of ether oxygens (including phenoxy) is 1. The first kappa shape index (κ1) is 16.1. The van der Waals surface area contributed by atoms with E-state index < -0.39 is 10.0 Å². The highest BCUT2D eigenvalue weighted by Crippen LogP contribution is 2.05. The molecule has 19 heavy (non-hydrogen) atoms. The summed E-state index contributed by atoms with van der Waals surface area (Å²) >= 11 is 0. The van der Waals surface area contributed by atoms with Crippen molar-refractivity contribution in [3.63, 3.8) is 0 Å². The molecule has 0 aliphatic carbocycles. The minimum absolute atomic E-state index is 0.0260. The Labute approximate surface area is 115 Å². The minimum atomic E-state index is -3.30. The summed E-state index contributed by atoms with van der Waals surface area (Å²) in [5, 5.41) is 0. The predicted octanol–water partition coefficient (Wildman–Crippen LogP) is 0.990. The van der Waals surface area contributed by atoms with E-state index in [1.165, 1.54) is 0 Å². The average Bonchev–Trinajstić information content (AvgIpc) is 2.36. The molecule has 0 amide bonds. The van der Waals surface area contributed by atoms with Gasteiger partial charge < -0.3 is 10.5 Å². The zero-order valence-corrected chi connectivity index (χ0v) is 12.2. The topological polar surface area (TPSA) is 81.4 Å². The molecule has 108 valence electrons. The van der Waals surface area contributed by atoms with E-state index in [1.807, 2.05) is 38.1 Å². The lowest BCUT2D eigenvalue weighted by Gasteiger charge is -2.09. The van der Waals surface area contributed by atoms with Gasteiger partial charge in [0.05, 0.1) is 18.5 Å². The summed E-state index contributed by atoms with van der Waals surface area (Å²) < 4.78 is 31.2. The maximum absolute atomic E-state index is 11.7. The van der Waals surface area contributed by atoms with Crippen molar-refractivity contribution in [3.05, 3.63) is 35.4 Å². The summed E-state index contributed by atoms with van der Waals surface area (Å²) in [7, 11) is -3.30. The molecule has 0 fully saturated rings. The number of hydrogen-bond donors (Lipinski definition) is 2. The van der Waals surface area contributed by atoms with Gasteiger partial charge in [-0.25, -0.2) is 13.1 Å². The first-order chi connectivity index (χ1) is 8.93. The van der Waals surface area contributed by atoms with Gasteiger partial charge in [-0.1, -0.05) is 24.3 Å². The number of sulfonamides is 1. The third-order valence-corrected chi connectivity index (χ3v) is 3.81. The van der Waals surface area contributed by atoms with Gasteiger partial charge in [-0.3, -0.25) is 0 Å². The number of hydrogen-bond acceptors (Lipinski definition) is 4. The third-order valence-electron chi connectivity index (χ3n) is 2.53. The average molecular weight is 286 g/mol. The minimum Gasteiger partial charge on any atom is -0.378 e. The molecule has 1 rings (SSSR count). The van der Waals surface area contributed by atoms with Gasteiger partial charge in [0.15, 0.2) is 0 Å². The van der Waals surface area contributed by atoms with Crippen LogP contribution in [0.3, 0.4) is 0 Å². The fraction of sp³-hybridized carbons (Fsp3) is 0.538. The fourth-order valence-corrected chi connectivity index (χ4v) is 2.37. The molecule has 1 aromatic rings. The Hall–Kier alpha value is -0.950. The van der Waals surface area contributed by atoms with Crippen LogP contribution in [0.2, 0.25) is 0 Å². The van der Waals surface area contributed by atoms with Gasteiger partial charge in [0.2, 0.25) is 10.0 Å². The van der Waals surface area contributed by atoms with Crippen LogP contribution in [0.15, 0.2) is 24.3 Å². The lowest BCUT2D eigenvalue weighted by Crippen LogP contribution is -2.28. The highest BCUT2D eigenvalue weighted by Gasteiger charge is 2.10. The predicted molar refractivity (Wildman–Crippen MR) is 76.0 cm³/mol. The van der Waals surface area contributed by atoms with Crippen molar-refractivity contribution >= 4 is 10.0 Å². The summed E-state index contributed by atoms with van der Waals surface area (Å²) in [6.07, 6.45) is 0.0384. The van der Waals surface area contributed by atoms with Crippen molar-refractivity contribution in [2.75, 3.05) is 12.4 Å². The van der Waals surface area contributed by atoms with Gasteiger partial charge in [-0.15, -0.1) is 0 Å². The van der Waals surface area contributed by atoms with Crippen molar-refractivity contribution in [2.45, 2.75) is 33.0 Å². The fourth-order valence-electron chi connectivity index (χ4n) is 1.53. The summed E-state index contributed by atoms with van der Waals surface area (Å²) in [6, 6.07) is 7.54. The second-order valence-corrected chi connectivity index (χ2v) is 6.51. The van der Waals surface area contributed by atoms with E-state index in [1.54, 1.807) is 0 Å². The summed E-state index contributed by atoms with van der Waals surface area (Å²) in [6.45, 7) is 4.67. The quantitative estimate of drug-likeness (QED) is 0.746. The standard InChI is InChI=1S/C13H22N2O3S/c1-11(2)18-6-7-19(16,17)15-10-13-5-3-4-12(8-13)9-14/h3-5,8,11,15H,6-7,9-10,14H2,1-2H3. The molecule has 0 radical (unpaired) electrons. The molecule has 0 heterocycles. The highest BCUT2D eigenvalue weighted by atomic mass is 32.2. The Morgan fingerprint density at radius 2 is 2.00 bits per heavy atom. The van der Waals surface area contributed by atoms with Gasteiger partial charge in [-0.05, 0) is 25.0 Å². The largest absolute Gasteiger partial charge is 0.378 e. The van der Waals surface area contributed by atoms with Gasteiger partial charge in [0.25, 0.3) is 0 Å². The van der Waals surface area contributed by atoms with Crippen molar-refractivity contribution in [2.24, 2.45) is 5.73 Å². The molecular weight excluding hydrogens is 264 g/mol. The monoisotopic (exact) mass is 286 g/mol. The molecule has 0 atom stereocenters. The van der Waals surface area contributed by atoms with E-state index in [4.69, 9.17) is 10.5 Å². The van der Waals surface area contributed by atoms with Crippen LogP contribution in [0.5, 0.6) is 0 Å². The first-order valence-corrected chi connectivity index (χ1v) is 7.95. The van der Waals surface area contributed by atoms with Gasteiger partial charge >= 0.3 is 0 Å². The molecule has 1 aromatic carbocycles. The molecule has 5 nitrogen and oxygen atoms in total. The van der Waals surface area contributed by atoms with Crippen molar-refractivity contribution in [1.82, 2.24) is 4.72 Å². The molecule has 0 aromatic heterocycles. The Morgan fingerprint density at radius 3 is 2.63 bits per heavy atom. The van der Waals surface area contributed by atoms with E-state index >= 15 is 0 Å². The summed E-state index contributed by atoms with van der Waals surface area (Å²) in [4.78, 5) is 0. The first-order valence-electron chi connectivity index (χ1n) is 6.30. The highest BCUT2D eigenvalue weighted by molar-refractivity contribution is 7.89. The molecule has 0 aliphatic rings. The zero-order chi connectivity index (χ0) is 14.3. The molecular formula is C13H22N2O3S. The van der Waals surface area contributed by atoms with E-state index in [0.717, 1.165) is 11.1 Å². The lowest BCUT2D eigenvalue weighted by molar-refractivity contribution is 0.0911. The number of nitrogens with two attached hydrogens (primary N) is 1. The van der Waals surface area contributed by atoms with Crippen LogP contribution in [-0.4, -0.2) is 26.9 Å². The van der Waals surface area contributed by atoms with Crippen LogP contribution in [0.4, 0.5) is 0 Å². The Bertz CT molecular complexity index is 486. The van der Waals surface area contributed by atoms with E-state index in [2.05, 4.69) is 4.72 Å². The van der Waals surface area contributed by atoms with Gasteiger partial charge in [0, 0.05) is 13.1 Å². The number of nitrogens with one attached hydrogen (secondary N) is 1. The van der Waals surface area contributed by atoms with Crippen molar-refractivity contribution in [3.8, 4) is 0 Å². The zero-order valence-electron chi connectivity index (χ0n) is 11.4. The van der Waals surface area contributed by atoms with Crippen LogP contribution in [0.1, 0.15) is 25.0 Å². The van der Waals surface area contributed by atoms with Crippen molar-refractivity contribution < 1.29 is 13.2 Å². The van der Waals surface area contributed by atoms with Crippen LogP contribution >= 0.6 is 0 Å². The molecule has 0 bridgehead atoms. The van der Waals surface area contributed by atoms with Gasteiger partial charge in [-0.2, -0.15) is 0 Å². The van der Waals surface area contributed by atoms with Crippen molar-refractivity contribution in [1.29, 1.82) is 0 Å². The summed E-state index contributed by atoms with van der Waals surface area (Å²) in [5.74, 6) is -0.0260. The molecule has 3 N–H and O–H groups in total. The van der Waals surface area contributed by atoms with E-state index in [0.29, 0.717) is 6.54 Å². The molecule has 0 saturated heterocycles. The molecule has 6 heteroatoms. The maximum Gasteiger partial charge on any atom is 0.214 e. The smallest absolute Gasteiger partial charge is 0.214 e. The van der Waals surface area contributed by atoms with Gasteiger partial charge in [0.1, 0.15) is 0 Å². The normalized spacial score (nSPS) is 12.0. The van der Waals surface area contributed by atoms with E-state index in [-0.39, 0.29) is 25.0 Å². The van der Waals surface area contributed by atoms with Crippen LogP contribution in [-0.2, 0) is 27.8 Å². The lowest BCUT2D eigenvalue weighted by atomic mass is 10.1. The second-order valence-electron chi connectivity index (χ2n) is 4.58. The molecule has 0 aliphatic heterocycles.